The molecule has 0 saturated carbocycles. The molecule has 3 N–H and O–H groups in total. The summed E-state index contributed by atoms with van der Waals surface area (Å²) < 4.78 is 0. The van der Waals surface area contributed by atoms with Crippen molar-refractivity contribution in [1.82, 2.24) is 4.98 Å². The zero-order chi connectivity index (χ0) is 18.6. The summed E-state index contributed by atoms with van der Waals surface area (Å²) in [5.41, 5.74) is 4.28. The molecule has 7 nitrogen and oxygen atoms in total. The van der Waals surface area contributed by atoms with Crippen molar-refractivity contribution in [3.63, 3.8) is 0 Å². The number of benzene rings is 1. The summed E-state index contributed by atoms with van der Waals surface area (Å²) in [5, 5.41) is 27.1. The van der Waals surface area contributed by atoms with Crippen LogP contribution in [0.1, 0.15) is 17.5 Å². The zero-order valence-electron chi connectivity index (χ0n) is 14.2. The zero-order valence-corrected chi connectivity index (χ0v) is 14.2. The fraction of sp³-hybridized carbons (Fsp3) is 0.389. The van der Waals surface area contributed by atoms with Crippen LogP contribution in [0.25, 0.3) is 10.9 Å². The molecular formula is C18H22N2O5. The molecule has 0 radical (unpaired) electrons. The van der Waals surface area contributed by atoms with Gasteiger partial charge in [-0.2, -0.15) is 0 Å². The lowest BCUT2D eigenvalue weighted by atomic mass is 9.94. The van der Waals surface area contributed by atoms with Gasteiger partial charge in [0.05, 0.1) is 11.6 Å². The SMILES string of the molecule is Cc1ccc2c(N3CC[C@@H](O)[C@@H](C(=O)O)C3)ccnc2c1C.O=CO. The van der Waals surface area contributed by atoms with Crippen molar-refractivity contribution in [1.29, 1.82) is 0 Å². The third kappa shape index (κ3) is 3.88. The van der Waals surface area contributed by atoms with E-state index in [1.807, 2.05) is 17.0 Å². The molecule has 134 valence electrons. The first-order valence-electron chi connectivity index (χ1n) is 7.99. The Morgan fingerprint density at radius 1 is 1.32 bits per heavy atom. The van der Waals surface area contributed by atoms with Crippen LogP contribution >= 0.6 is 0 Å². The number of fused-ring (bicyclic) bond motifs is 1. The molecule has 0 amide bonds. The van der Waals surface area contributed by atoms with Gasteiger partial charge >= 0.3 is 5.97 Å². The Labute approximate surface area is 145 Å². The highest BCUT2D eigenvalue weighted by Gasteiger charge is 2.33. The lowest BCUT2D eigenvalue weighted by Crippen LogP contribution is -2.46. The van der Waals surface area contributed by atoms with E-state index in [1.54, 1.807) is 6.20 Å². The number of piperidine rings is 1. The van der Waals surface area contributed by atoms with Crippen LogP contribution in [0.2, 0.25) is 0 Å². The van der Waals surface area contributed by atoms with Gasteiger partial charge in [0.25, 0.3) is 6.47 Å². The average molecular weight is 346 g/mol. The number of carboxylic acid groups (broad SMARTS) is 2. The maximum Gasteiger partial charge on any atom is 0.310 e. The second kappa shape index (κ2) is 7.94. The minimum absolute atomic E-state index is 0.250. The number of nitrogens with zero attached hydrogens (tertiary/aromatic N) is 2. The quantitative estimate of drug-likeness (QED) is 0.711. The smallest absolute Gasteiger partial charge is 0.310 e. The molecule has 25 heavy (non-hydrogen) atoms. The molecule has 2 heterocycles. The number of carbonyl (C=O) groups is 2. The lowest BCUT2D eigenvalue weighted by Gasteiger charge is -2.36. The van der Waals surface area contributed by atoms with Crippen LogP contribution in [0, 0.1) is 19.8 Å². The van der Waals surface area contributed by atoms with E-state index in [2.05, 4.69) is 24.9 Å². The second-order valence-corrected chi connectivity index (χ2v) is 6.09. The first-order valence-corrected chi connectivity index (χ1v) is 7.99. The van der Waals surface area contributed by atoms with Crippen molar-refractivity contribution in [2.24, 2.45) is 5.92 Å². The number of rotatable bonds is 2. The first kappa shape index (κ1) is 18.7. The van der Waals surface area contributed by atoms with Crippen LogP contribution in [0.5, 0.6) is 0 Å². The van der Waals surface area contributed by atoms with E-state index in [0.29, 0.717) is 19.5 Å². The minimum Gasteiger partial charge on any atom is -0.483 e. The fourth-order valence-electron chi connectivity index (χ4n) is 3.12. The normalized spacial score (nSPS) is 19.9. The molecule has 2 atom stereocenters. The van der Waals surface area contributed by atoms with Crippen LogP contribution in [0.15, 0.2) is 24.4 Å². The van der Waals surface area contributed by atoms with Gasteiger partial charge in [0, 0.05) is 30.4 Å². The predicted octanol–water partition coefficient (Wildman–Crippen LogP) is 1.82. The van der Waals surface area contributed by atoms with Crippen molar-refractivity contribution in [2.75, 3.05) is 18.0 Å². The van der Waals surface area contributed by atoms with Crippen LogP contribution in [0.4, 0.5) is 5.69 Å². The molecular weight excluding hydrogens is 324 g/mol. The molecule has 1 aromatic heterocycles. The molecule has 1 aliphatic rings. The van der Waals surface area contributed by atoms with Gasteiger partial charge in [-0.05, 0) is 37.5 Å². The van der Waals surface area contributed by atoms with Crippen LogP contribution < -0.4 is 4.90 Å². The first-order chi connectivity index (χ1) is 11.9. The number of aliphatic hydroxyl groups excluding tert-OH is 1. The summed E-state index contributed by atoms with van der Waals surface area (Å²) in [6.07, 6.45) is 1.46. The van der Waals surface area contributed by atoms with Gasteiger partial charge in [-0.15, -0.1) is 0 Å². The molecule has 0 unspecified atom stereocenters. The minimum atomic E-state index is -0.942. The van der Waals surface area contributed by atoms with Crippen molar-refractivity contribution in [3.8, 4) is 0 Å². The number of aliphatic hydroxyl groups is 1. The predicted molar refractivity (Wildman–Crippen MR) is 93.9 cm³/mol. The fourth-order valence-corrected chi connectivity index (χ4v) is 3.12. The summed E-state index contributed by atoms with van der Waals surface area (Å²) in [5.74, 6) is -1.69. The van der Waals surface area contributed by atoms with E-state index in [9.17, 15) is 15.0 Å². The van der Waals surface area contributed by atoms with Crippen LogP contribution in [0.3, 0.4) is 0 Å². The molecule has 0 aliphatic carbocycles. The van der Waals surface area contributed by atoms with Gasteiger partial charge in [0.15, 0.2) is 0 Å². The van der Waals surface area contributed by atoms with E-state index >= 15 is 0 Å². The average Bonchev–Trinajstić information content (AvgIpc) is 2.59. The van der Waals surface area contributed by atoms with Gasteiger partial charge in [0.1, 0.15) is 5.92 Å². The van der Waals surface area contributed by atoms with Gasteiger partial charge in [-0.3, -0.25) is 14.6 Å². The number of carboxylic acids is 1. The Balaban J connectivity index is 0.000000701. The van der Waals surface area contributed by atoms with Gasteiger partial charge in [-0.1, -0.05) is 12.1 Å². The van der Waals surface area contributed by atoms with Gasteiger partial charge in [0.2, 0.25) is 0 Å². The molecule has 2 aromatic rings. The summed E-state index contributed by atoms with van der Waals surface area (Å²) in [6, 6.07) is 6.03. The third-order valence-corrected chi connectivity index (χ3v) is 4.65. The highest BCUT2D eigenvalue weighted by atomic mass is 16.4. The molecule has 1 fully saturated rings. The highest BCUT2D eigenvalue weighted by Crippen LogP contribution is 2.31. The molecule has 0 bridgehead atoms. The molecule has 0 spiro atoms. The maximum atomic E-state index is 11.3. The Hall–Kier alpha value is -2.67. The van der Waals surface area contributed by atoms with Crippen molar-refractivity contribution < 1.29 is 24.9 Å². The summed E-state index contributed by atoms with van der Waals surface area (Å²) in [4.78, 5) is 26.2. The van der Waals surface area contributed by atoms with Gasteiger partial charge in [-0.25, -0.2) is 0 Å². The Kier molecular flexibility index (Phi) is 5.93. The van der Waals surface area contributed by atoms with E-state index in [-0.39, 0.29) is 6.47 Å². The third-order valence-electron chi connectivity index (χ3n) is 4.65. The summed E-state index contributed by atoms with van der Waals surface area (Å²) in [6.45, 7) is 4.83. The second-order valence-electron chi connectivity index (χ2n) is 6.09. The highest BCUT2D eigenvalue weighted by molar-refractivity contribution is 5.94. The van der Waals surface area contributed by atoms with Gasteiger partial charge < -0.3 is 20.2 Å². The Morgan fingerprint density at radius 2 is 2.00 bits per heavy atom. The van der Waals surface area contributed by atoms with E-state index in [0.717, 1.165) is 22.2 Å². The maximum absolute atomic E-state index is 11.3. The number of aromatic nitrogens is 1. The van der Waals surface area contributed by atoms with Crippen LogP contribution in [-0.4, -0.2) is 51.9 Å². The molecule has 1 aliphatic heterocycles. The largest absolute Gasteiger partial charge is 0.483 e. The Bertz CT molecular complexity index is 777. The Morgan fingerprint density at radius 3 is 2.64 bits per heavy atom. The van der Waals surface area contributed by atoms with E-state index < -0.39 is 18.0 Å². The topological polar surface area (TPSA) is 111 Å². The monoisotopic (exact) mass is 346 g/mol. The number of pyridine rings is 1. The van der Waals surface area contributed by atoms with Crippen LogP contribution in [-0.2, 0) is 9.59 Å². The number of anilines is 1. The van der Waals surface area contributed by atoms with E-state index in [4.69, 9.17) is 9.90 Å². The summed E-state index contributed by atoms with van der Waals surface area (Å²) in [7, 11) is 0. The number of aryl methyl sites for hydroxylation is 2. The number of hydrogen-bond donors (Lipinski definition) is 3. The number of hydrogen-bond acceptors (Lipinski definition) is 5. The lowest BCUT2D eigenvalue weighted by molar-refractivity contribution is -0.146. The molecule has 7 heteroatoms. The molecule has 3 rings (SSSR count). The van der Waals surface area contributed by atoms with Crippen molar-refractivity contribution in [3.05, 3.63) is 35.5 Å². The van der Waals surface area contributed by atoms with Crippen molar-refractivity contribution in [2.45, 2.75) is 26.4 Å². The van der Waals surface area contributed by atoms with E-state index in [1.165, 1.54) is 5.56 Å². The summed E-state index contributed by atoms with van der Waals surface area (Å²) >= 11 is 0. The molecule has 1 aromatic carbocycles. The standard InChI is InChI=1S/C17H20N2O3.CH2O2/c1-10-3-4-12-14(5-7-18-16(12)11(10)2)19-8-6-15(20)13(9-19)17(21)22;2-1-3/h3-5,7,13,15,20H,6,8-9H2,1-2H3,(H,21,22);1H,(H,2,3)/t13-,15+;/m0./s1. The molecule has 1 saturated heterocycles. The number of aliphatic carboxylic acids is 1. The van der Waals surface area contributed by atoms with Crippen molar-refractivity contribution >= 4 is 29.0 Å².